The molecule has 0 amide bonds. The Morgan fingerprint density at radius 3 is 2.44 bits per heavy atom. The van der Waals surface area contributed by atoms with E-state index in [-0.39, 0.29) is 12.0 Å². The summed E-state index contributed by atoms with van der Waals surface area (Å²) in [5, 5.41) is 31.2. The lowest BCUT2D eigenvalue weighted by Crippen LogP contribution is -2.25. The van der Waals surface area contributed by atoms with Crippen LogP contribution in [0.5, 0.6) is 0 Å². The molecule has 1 aromatic heterocycles. The SMILES string of the molecule is CCC[C@H](C(=O)O)[C@H](Cc1ccccc1C1=CCC(N)CC1)c1nn[nH]n1.O=C(O)C(F)(F)F. The Kier molecular flexibility index (Phi) is 9.72. The van der Waals surface area contributed by atoms with E-state index in [1.807, 2.05) is 19.1 Å². The molecule has 3 rings (SSSR count). The number of tetrazole rings is 1. The van der Waals surface area contributed by atoms with Gasteiger partial charge in [-0.3, -0.25) is 4.79 Å². The van der Waals surface area contributed by atoms with Crippen LogP contribution in [0.4, 0.5) is 13.2 Å². The lowest BCUT2D eigenvalue weighted by Gasteiger charge is -2.24. The molecule has 9 nitrogen and oxygen atoms in total. The zero-order valence-electron chi connectivity index (χ0n) is 18.6. The number of rotatable bonds is 8. The molecular weight excluding hydrogens is 455 g/mol. The van der Waals surface area contributed by atoms with Gasteiger partial charge in [-0.2, -0.15) is 18.4 Å². The van der Waals surface area contributed by atoms with Crippen molar-refractivity contribution in [3.8, 4) is 0 Å². The second-order valence-corrected chi connectivity index (χ2v) is 8.04. The van der Waals surface area contributed by atoms with Crippen molar-refractivity contribution in [1.82, 2.24) is 20.6 Å². The molecule has 0 radical (unpaired) electrons. The first-order valence-corrected chi connectivity index (χ1v) is 10.8. The lowest BCUT2D eigenvalue weighted by atomic mass is 9.80. The molecule has 3 atom stereocenters. The van der Waals surface area contributed by atoms with Gasteiger partial charge in [-0.25, -0.2) is 4.79 Å². The molecule has 5 N–H and O–H groups in total. The fraction of sp³-hybridized carbons (Fsp3) is 0.500. The molecule has 1 aliphatic rings. The van der Waals surface area contributed by atoms with Crippen LogP contribution in [-0.4, -0.2) is 55.0 Å². The number of nitrogens with zero attached hydrogens (tertiary/aromatic N) is 3. The Balaban J connectivity index is 0.000000509. The van der Waals surface area contributed by atoms with E-state index in [0.29, 0.717) is 18.7 Å². The minimum Gasteiger partial charge on any atom is -0.481 e. The zero-order chi connectivity index (χ0) is 25.3. The lowest BCUT2D eigenvalue weighted by molar-refractivity contribution is -0.192. The summed E-state index contributed by atoms with van der Waals surface area (Å²) in [6.45, 7) is 1.99. The Labute approximate surface area is 194 Å². The standard InChI is InChI=1S/C20H27N5O2.C2HF3O2/c1-2-5-17(20(26)27)18(19-22-24-25-23-19)12-14-6-3-4-7-16(14)13-8-10-15(21)11-9-13;3-2(4,5)1(6)7/h3-4,6-8,15,17-18H,2,5,9-12,21H2,1H3,(H,26,27)(H,22,23,24,25);(H,6,7)/t15?,17-,18-;/m0./s1. The molecule has 0 saturated carbocycles. The van der Waals surface area contributed by atoms with Gasteiger partial charge < -0.3 is 15.9 Å². The smallest absolute Gasteiger partial charge is 0.481 e. The van der Waals surface area contributed by atoms with Gasteiger partial charge in [-0.15, -0.1) is 10.2 Å². The van der Waals surface area contributed by atoms with Crippen LogP contribution in [0.3, 0.4) is 0 Å². The Morgan fingerprint density at radius 2 is 1.94 bits per heavy atom. The van der Waals surface area contributed by atoms with Gasteiger partial charge in [0.25, 0.3) is 0 Å². The van der Waals surface area contributed by atoms with Gasteiger partial charge in [0.15, 0.2) is 5.82 Å². The van der Waals surface area contributed by atoms with Crippen LogP contribution >= 0.6 is 0 Å². The summed E-state index contributed by atoms with van der Waals surface area (Å²) in [4.78, 5) is 20.8. The van der Waals surface area contributed by atoms with Crippen molar-refractivity contribution >= 4 is 17.5 Å². The average Bonchev–Trinajstić information content (AvgIpc) is 3.31. The molecule has 0 spiro atoms. The summed E-state index contributed by atoms with van der Waals surface area (Å²) in [7, 11) is 0. The molecule has 0 bridgehead atoms. The largest absolute Gasteiger partial charge is 0.490 e. The number of hydrogen-bond acceptors (Lipinski definition) is 6. The van der Waals surface area contributed by atoms with Gasteiger partial charge in [0.1, 0.15) is 0 Å². The van der Waals surface area contributed by atoms with E-state index in [4.69, 9.17) is 15.6 Å². The molecular formula is C22H28F3N5O4. The first kappa shape index (κ1) is 27.0. The zero-order valence-corrected chi connectivity index (χ0v) is 18.6. The quantitative estimate of drug-likeness (QED) is 0.444. The van der Waals surface area contributed by atoms with Crippen molar-refractivity contribution in [3.05, 3.63) is 47.3 Å². The van der Waals surface area contributed by atoms with Gasteiger partial charge in [-0.05, 0) is 48.8 Å². The minimum absolute atomic E-state index is 0.230. The number of nitrogens with two attached hydrogens (primary N) is 1. The molecule has 2 aromatic rings. The van der Waals surface area contributed by atoms with E-state index in [2.05, 4.69) is 38.8 Å². The maximum Gasteiger partial charge on any atom is 0.490 e. The Hall–Kier alpha value is -3.28. The number of aromatic amines is 1. The van der Waals surface area contributed by atoms with Crippen molar-refractivity contribution in [1.29, 1.82) is 0 Å². The van der Waals surface area contributed by atoms with Gasteiger partial charge in [0, 0.05) is 12.0 Å². The predicted molar refractivity (Wildman–Crippen MR) is 117 cm³/mol. The molecule has 0 aliphatic heterocycles. The summed E-state index contributed by atoms with van der Waals surface area (Å²) in [5.41, 5.74) is 9.62. The van der Waals surface area contributed by atoms with Gasteiger partial charge in [0.2, 0.25) is 0 Å². The summed E-state index contributed by atoms with van der Waals surface area (Å²) in [6.07, 6.45) is 1.87. The number of allylic oxidation sites excluding steroid dienone is 1. The van der Waals surface area contributed by atoms with Crippen LogP contribution < -0.4 is 5.73 Å². The number of H-pyrrole nitrogens is 1. The van der Waals surface area contributed by atoms with Crippen molar-refractivity contribution in [3.63, 3.8) is 0 Å². The number of nitrogens with one attached hydrogen (secondary N) is 1. The van der Waals surface area contributed by atoms with Crippen molar-refractivity contribution in [2.75, 3.05) is 0 Å². The first-order chi connectivity index (χ1) is 16.0. The number of aromatic nitrogens is 4. The number of aliphatic carboxylic acids is 2. The summed E-state index contributed by atoms with van der Waals surface area (Å²) in [5.74, 6) is -3.98. The molecule has 1 heterocycles. The highest BCUT2D eigenvalue weighted by atomic mass is 19.4. The van der Waals surface area contributed by atoms with E-state index in [1.54, 1.807) is 0 Å². The van der Waals surface area contributed by atoms with Crippen molar-refractivity contribution < 1.29 is 33.0 Å². The van der Waals surface area contributed by atoms with Crippen molar-refractivity contribution in [2.45, 2.75) is 63.6 Å². The number of halogens is 3. The van der Waals surface area contributed by atoms with E-state index in [0.717, 1.165) is 31.2 Å². The number of benzene rings is 1. The molecule has 34 heavy (non-hydrogen) atoms. The number of carbonyl (C=O) groups is 2. The Morgan fingerprint density at radius 1 is 1.26 bits per heavy atom. The fourth-order valence-corrected chi connectivity index (χ4v) is 3.90. The molecule has 1 aliphatic carbocycles. The van der Waals surface area contributed by atoms with Crippen LogP contribution in [0.1, 0.15) is 61.9 Å². The van der Waals surface area contributed by atoms with Crippen LogP contribution in [0.15, 0.2) is 30.3 Å². The highest BCUT2D eigenvalue weighted by Crippen LogP contribution is 2.34. The summed E-state index contributed by atoms with van der Waals surface area (Å²) < 4.78 is 31.7. The monoisotopic (exact) mass is 483 g/mol. The number of carboxylic acids is 2. The van der Waals surface area contributed by atoms with Crippen molar-refractivity contribution in [2.24, 2.45) is 11.7 Å². The van der Waals surface area contributed by atoms with Crippen LogP contribution in [0.2, 0.25) is 0 Å². The maximum atomic E-state index is 11.9. The highest BCUT2D eigenvalue weighted by Gasteiger charge is 2.38. The van der Waals surface area contributed by atoms with Crippen LogP contribution in [-0.2, 0) is 16.0 Å². The topological polar surface area (TPSA) is 155 Å². The van der Waals surface area contributed by atoms with Gasteiger partial charge in [-0.1, -0.05) is 48.9 Å². The fourth-order valence-electron chi connectivity index (χ4n) is 3.90. The van der Waals surface area contributed by atoms with E-state index < -0.39 is 24.0 Å². The second kappa shape index (κ2) is 12.3. The molecule has 186 valence electrons. The average molecular weight is 483 g/mol. The molecule has 0 saturated heterocycles. The molecule has 0 fully saturated rings. The van der Waals surface area contributed by atoms with E-state index >= 15 is 0 Å². The maximum absolute atomic E-state index is 11.9. The predicted octanol–water partition coefficient (Wildman–Crippen LogP) is 3.55. The third-order valence-electron chi connectivity index (χ3n) is 5.59. The minimum atomic E-state index is -5.08. The summed E-state index contributed by atoms with van der Waals surface area (Å²) in [6, 6.07) is 8.44. The number of hydrogen-bond donors (Lipinski definition) is 4. The molecule has 1 aromatic carbocycles. The summed E-state index contributed by atoms with van der Waals surface area (Å²) >= 11 is 0. The Bertz CT molecular complexity index is 979. The van der Waals surface area contributed by atoms with Crippen LogP contribution in [0, 0.1) is 5.92 Å². The van der Waals surface area contributed by atoms with E-state index in [1.165, 1.54) is 11.1 Å². The first-order valence-electron chi connectivity index (χ1n) is 10.8. The van der Waals surface area contributed by atoms with Crippen LogP contribution in [0.25, 0.3) is 5.57 Å². The number of carboxylic acid groups (broad SMARTS) is 2. The highest BCUT2D eigenvalue weighted by molar-refractivity contribution is 5.73. The molecule has 1 unspecified atom stereocenters. The normalized spacial score (nSPS) is 17.7. The van der Waals surface area contributed by atoms with Gasteiger partial charge in [0.05, 0.1) is 5.92 Å². The third kappa shape index (κ3) is 7.65. The molecule has 12 heteroatoms. The number of alkyl halides is 3. The van der Waals surface area contributed by atoms with E-state index in [9.17, 15) is 23.1 Å². The third-order valence-corrected chi connectivity index (χ3v) is 5.59. The second-order valence-electron chi connectivity index (χ2n) is 8.04. The van der Waals surface area contributed by atoms with Gasteiger partial charge >= 0.3 is 18.1 Å².